The van der Waals surface area contributed by atoms with Crippen LogP contribution in [0.15, 0.2) is 18.2 Å². The molecule has 0 radical (unpaired) electrons. The van der Waals surface area contributed by atoms with E-state index < -0.39 is 0 Å². The predicted octanol–water partition coefficient (Wildman–Crippen LogP) is 1.86. The number of morpholine rings is 1. The van der Waals surface area contributed by atoms with Crippen molar-refractivity contribution in [3.05, 3.63) is 29.3 Å². The summed E-state index contributed by atoms with van der Waals surface area (Å²) >= 11 is 0. The van der Waals surface area contributed by atoms with E-state index in [0.717, 1.165) is 32.7 Å². The number of carbonyl (C=O) groups excluding carboxylic acids is 1. The van der Waals surface area contributed by atoms with Crippen molar-refractivity contribution in [2.45, 2.75) is 26.9 Å². The second kappa shape index (κ2) is 8.73. The van der Waals surface area contributed by atoms with Gasteiger partial charge in [0.1, 0.15) is 0 Å². The molecule has 2 aliphatic rings. The summed E-state index contributed by atoms with van der Waals surface area (Å²) in [7, 11) is 0. The fraction of sp³-hybridized carbons (Fsp3) is 0.650. The van der Waals surface area contributed by atoms with Gasteiger partial charge in [0.15, 0.2) is 0 Å². The van der Waals surface area contributed by atoms with Crippen LogP contribution in [0.25, 0.3) is 0 Å². The van der Waals surface area contributed by atoms with Gasteiger partial charge in [-0.3, -0.25) is 4.90 Å². The molecule has 144 valence electrons. The highest BCUT2D eigenvalue weighted by atomic mass is 16.5. The van der Waals surface area contributed by atoms with Crippen LogP contribution in [0.3, 0.4) is 0 Å². The van der Waals surface area contributed by atoms with Crippen LogP contribution >= 0.6 is 0 Å². The van der Waals surface area contributed by atoms with E-state index in [-0.39, 0.29) is 12.1 Å². The fourth-order valence-corrected chi connectivity index (χ4v) is 3.68. The molecule has 2 saturated heterocycles. The number of carbonyl (C=O) groups is 1. The highest BCUT2D eigenvalue weighted by Crippen LogP contribution is 2.20. The molecular weight excluding hydrogens is 328 g/mol. The van der Waals surface area contributed by atoms with Crippen molar-refractivity contribution in [1.29, 1.82) is 0 Å². The first kappa shape index (κ1) is 19.0. The SMILES string of the molecule is CCNC(=O)N1CCO[C@@H](CN2CCN(c3ccc(C)c(C)c3)CC2)C1. The molecule has 0 aliphatic carbocycles. The minimum Gasteiger partial charge on any atom is -0.373 e. The molecule has 1 aromatic carbocycles. The van der Waals surface area contributed by atoms with Gasteiger partial charge in [-0.2, -0.15) is 0 Å². The van der Waals surface area contributed by atoms with Crippen LogP contribution in [0.5, 0.6) is 0 Å². The zero-order valence-corrected chi connectivity index (χ0v) is 16.3. The molecule has 2 aliphatic heterocycles. The van der Waals surface area contributed by atoms with Crippen molar-refractivity contribution >= 4 is 11.7 Å². The number of anilines is 1. The Kier molecular flexibility index (Phi) is 6.38. The summed E-state index contributed by atoms with van der Waals surface area (Å²) in [5, 5.41) is 2.88. The van der Waals surface area contributed by atoms with Crippen molar-refractivity contribution in [2.24, 2.45) is 0 Å². The summed E-state index contributed by atoms with van der Waals surface area (Å²) in [6.45, 7) is 14.0. The lowest BCUT2D eigenvalue weighted by Crippen LogP contribution is -2.54. The number of urea groups is 1. The highest BCUT2D eigenvalue weighted by Gasteiger charge is 2.27. The van der Waals surface area contributed by atoms with Gasteiger partial charge in [-0.1, -0.05) is 6.07 Å². The predicted molar refractivity (Wildman–Crippen MR) is 105 cm³/mol. The van der Waals surface area contributed by atoms with E-state index in [9.17, 15) is 4.79 Å². The summed E-state index contributed by atoms with van der Waals surface area (Å²) < 4.78 is 5.90. The molecule has 0 aromatic heterocycles. The average Bonchev–Trinajstić information content (AvgIpc) is 2.65. The first-order valence-corrected chi connectivity index (χ1v) is 9.75. The Morgan fingerprint density at radius 2 is 1.92 bits per heavy atom. The number of hydrogen-bond donors (Lipinski definition) is 1. The third-order valence-electron chi connectivity index (χ3n) is 5.44. The quantitative estimate of drug-likeness (QED) is 0.890. The lowest BCUT2D eigenvalue weighted by Gasteiger charge is -2.40. The summed E-state index contributed by atoms with van der Waals surface area (Å²) in [5.41, 5.74) is 4.02. The summed E-state index contributed by atoms with van der Waals surface area (Å²) in [6, 6.07) is 6.76. The summed E-state index contributed by atoms with van der Waals surface area (Å²) in [5.74, 6) is 0. The molecule has 6 heteroatoms. The van der Waals surface area contributed by atoms with Crippen LogP contribution < -0.4 is 10.2 Å². The Morgan fingerprint density at radius 3 is 2.62 bits per heavy atom. The second-order valence-electron chi connectivity index (χ2n) is 7.33. The molecule has 26 heavy (non-hydrogen) atoms. The molecule has 1 atom stereocenters. The number of piperazine rings is 1. The fourth-order valence-electron chi connectivity index (χ4n) is 3.68. The Bertz CT molecular complexity index is 614. The standard InChI is InChI=1S/C20H32N4O2/c1-4-21-20(25)24-11-12-26-19(15-24)14-22-7-9-23(10-8-22)18-6-5-16(2)17(3)13-18/h5-6,13,19H,4,7-12,14-15H2,1-3H3,(H,21,25)/t19-/m0/s1. The Balaban J connectivity index is 1.47. The second-order valence-corrected chi connectivity index (χ2v) is 7.33. The number of amides is 2. The van der Waals surface area contributed by atoms with Gasteiger partial charge >= 0.3 is 6.03 Å². The van der Waals surface area contributed by atoms with Crippen molar-refractivity contribution < 1.29 is 9.53 Å². The molecule has 1 N–H and O–H groups in total. The Hall–Kier alpha value is -1.79. The largest absolute Gasteiger partial charge is 0.373 e. The highest BCUT2D eigenvalue weighted by molar-refractivity contribution is 5.74. The molecule has 6 nitrogen and oxygen atoms in total. The molecule has 0 unspecified atom stereocenters. The number of aryl methyl sites for hydroxylation is 2. The monoisotopic (exact) mass is 360 g/mol. The number of ether oxygens (including phenoxy) is 1. The molecule has 3 rings (SSSR count). The zero-order chi connectivity index (χ0) is 18.5. The maximum Gasteiger partial charge on any atom is 0.317 e. The molecule has 2 heterocycles. The van der Waals surface area contributed by atoms with E-state index >= 15 is 0 Å². The molecular formula is C20H32N4O2. The van der Waals surface area contributed by atoms with Gasteiger partial charge in [-0.05, 0) is 44.0 Å². The minimum absolute atomic E-state index is 0.0281. The van der Waals surface area contributed by atoms with Gasteiger partial charge in [-0.25, -0.2) is 4.79 Å². The van der Waals surface area contributed by atoms with E-state index in [0.29, 0.717) is 26.2 Å². The number of nitrogens with zero attached hydrogens (tertiary/aromatic N) is 3. The van der Waals surface area contributed by atoms with E-state index in [4.69, 9.17) is 4.74 Å². The van der Waals surface area contributed by atoms with Crippen LogP contribution in [-0.2, 0) is 4.74 Å². The van der Waals surface area contributed by atoms with Crippen LogP contribution in [0.4, 0.5) is 10.5 Å². The maximum atomic E-state index is 12.0. The number of hydrogen-bond acceptors (Lipinski definition) is 4. The third kappa shape index (κ3) is 4.68. The number of nitrogens with one attached hydrogen (secondary N) is 1. The smallest absolute Gasteiger partial charge is 0.317 e. The van der Waals surface area contributed by atoms with Crippen molar-refractivity contribution in [2.75, 3.05) is 63.9 Å². The number of rotatable bonds is 4. The van der Waals surface area contributed by atoms with Crippen LogP contribution in [0, 0.1) is 13.8 Å². The van der Waals surface area contributed by atoms with Crippen LogP contribution in [-0.4, -0.2) is 80.9 Å². The lowest BCUT2D eigenvalue weighted by atomic mass is 10.1. The average molecular weight is 361 g/mol. The van der Waals surface area contributed by atoms with Gasteiger partial charge in [-0.15, -0.1) is 0 Å². The molecule has 2 amide bonds. The van der Waals surface area contributed by atoms with Crippen molar-refractivity contribution in [3.8, 4) is 0 Å². The maximum absolute atomic E-state index is 12.0. The Labute approximate surface area is 157 Å². The normalized spacial score (nSPS) is 21.7. The van der Waals surface area contributed by atoms with E-state index in [1.807, 2.05) is 11.8 Å². The van der Waals surface area contributed by atoms with Crippen LogP contribution in [0.2, 0.25) is 0 Å². The molecule has 0 bridgehead atoms. The first-order chi connectivity index (χ1) is 12.6. The van der Waals surface area contributed by atoms with Crippen LogP contribution in [0.1, 0.15) is 18.1 Å². The number of benzene rings is 1. The van der Waals surface area contributed by atoms with Gasteiger partial charge in [0.05, 0.1) is 12.7 Å². The molecule has 0 saturated carbocycles. The lowest BCUT2D eigenvalue weighted by molar-refractivity contribution is -0.0310. The Morgan fingerprint density at radius 1 is 1.15 bits per heavy atom. The van der Waals surface area contributed by atoms with E-state index in [1.54, 1.807) is 0 Å². The zero-order valence-electron chi connectivity index (χ0n) is 16.3. The van der Waals surface area contributed by atoms with Gasteiger partial charge < -0.3 is 19.9 Å². The topological polar surface area (TPSA) is 48.1 Å². The first-order valence-electron chi connectivity index (χ1n) is 9.75. The molecule has 1 aromatic rings. The summed E-state index contributed by atoms with van der Waals surface area (Å²) in [6.07, 6.45) is 0.111. The summed E-state index contributed by atoms with van der Waals surface area (Å²) in [4.78, 5) is 18.8. The van der Waals surface area contributed by atoms with Crippen molar-refractivity contribution in [1.82, 2.24) is 15.1 Å². The molecule has 2 fully saturated rings. The van der Waals surface area contributed by atoms with Gasteiger partial charge in [0.2, 0.25) is 0 Å². The van der Waals surface area contributed by atoms with Crippen molar-refractivity contribution in [3.63, 3.8) is 0 Å². The van der Waals surface area contributed by atoms with E-state index in [1.165, 1.54) is 16.8 Å². The van der Waals surface area contributed by atoms with Gasteiger partial charge in [0, 0.05) is 58.0 Å². The van der Waals surface area contributed by atoms with Gasteiger partial charge in [0.25, 0.3) is 0 Å². The third-order valence-corrected chi connectivity index (χ3v) is 5.44. The minimum atomic E-state index is 0.0281. The van der Waals surface area contributed by atoms with E-state index in [2.05, 4.69) is 47.2 Å². The molecule has 0 spiro atoms.